The standard InChI is InChI=1S/C6H11N2O.Y/c1-6(9)8-4-2-7-3-5-8;/h2-5H2,1H3;/q-1;. The Balaban J connectivity index is 0.000000810. The fourth-order valence-electron chi connectivity index (χ4n) is 0.921. The molecule has 0 aromatic rings. The van der Waals surface area contributed by atoms with E-state index in [1.54, 1.807) is 6.92 Å². The number of rotatable bonds is 0. The molecule has 1 fully saturated rings. The fraction of sp³-hybridized carbons (Fsp3) is 0.833. The molecule has 1 saturated heterocycles. The van der Waals surface area contributed by atoms with Crippen molar-refractivity contribution in [2.45, 2.75) is 6.92 Å². The van der Waals surface area contributed by atoms with E-state index in [2.05, 4.69) is 5.32 Å². The van der Waals surface area contributed by atoms with Crippen molar-refractivity contribution in [2.24, 2.45) is 0 Å². The van der Waals surface area contributed by atoms with Crippen LogP contribution in [-0.4, -0.2) is 37.0 Å². The Morgan fingerprint density at radius 1 is 1.40 bits per heavy atom. The monoisotopic (exact) mass is 216 g/mol. The van der Waals surface area contributed by atoms with Crippen LogP contribution in [0.15, 0.2) is 0 Å². The van der Waals surface area contributed by atoms with Gasteiger partial charge in [-0.05, 0) is 0 Å². The van der Waals surface area contributed by atoms with Crippen molar-refractivity contribution in [1.82, 2.24) is 4.90 Å². The summed E-state index contributed by atoms with van der Waals surface area (Å²) in [6, 6.07) is 0. The van der Waals surface area contributed by atoms with Crippen LogP contribution in [0.3, 0.4) is 0 Å². The van der Waals surface area contributed by atoms with E-state index >= 15 is 0 Å². The number of carbonyl (C=O) groups excluding carboxylic acids is 1. The van der Waals surface area contributed by atoms with E-state index in [0.29, 0.717) is 0 Å². The maximum Gasteiger partial charge on any atom is 0.219 e. The zero-order valence-electron chi connectivity index (χ0n) is 6.21. The predicted octanol–water partition coefficient (Wildman–Crippen LogP) is 0.220. The number of hydrogen-bond donors (Lipinski definition) is 0. The first-order valence-electron chi connectivity index (χ1n) is 3.19. The predicted molar refractivity (Wildman–Crippen MR) is 35.3 cm³/mol. The molecule has 55 valence electrons. The average molecular weight is 216 g/mol. The molecule has 0 aromatic heterocycles. The maximum atomic E-state index is 10.7. The number of carbonyl (C=O) groups is 1. The number of hydrogen-bond acceptors (Lipinski definition) is 1. The van der Waals surface area contributed by atoms with E-state index in [9.17, 15) is 4.79 Å². The summed E-state index contributed by atoms with van der Waals surface area (Å²) < 4.78 is 0. The van der Waals surface area contributed by atoms with Crippen LogP contribution in [-0.2, 0) is 37.5 Å². The number of nitrogens with zero attached hydrogens (tertiary/aromatic N) is 2. The molecular weight excluding hydrogens is 205 g/mol. The van der Waals surface area contributed by atoms with Gasteiger partial charge in [-0.3, -0.25) is 4.79 Å². The second kappa shape index (κ2) is 5.22. The molecule has 1 amide bonds. The minimum absolute atomic E-state index is 0. The third-order valence-corrected chi connectivity index (χ3v) is 1.50. The maximum absolute atomic E-state index is 10.7. The van der Waals surface area contributed by atoms with Crippen molar-refractivity contribution in [3.8, 4) is 0 Å². The molecule has 0 spiro atoms. The van der Waals surface area contributed by atoms with Gasteiger partial charge in [-0.25, -0.2) is 0 Å². The molecule has 0 unspecified atom stereocenters. The van der Waals surface area contributed by atoms with Crippen molar-refractivity contribution in [2.75, 3.05) is 26.2 Å². The molecule has 10 heavy (non-hydrogen) atoms. The van der Waals surface area contributed by atoms with Gasteiger partial charge >= 0.3 is 0 Å². The van der Waals surface area contributed by atoms with E-state index in [1.807, 2.05) is 4.90 Å². The van der Waals surface area contributed by atoms with E-state index < -0.39 is 0 Å². The first-order chi connectivity index (χ1) is 4.30. The van der Waals surface area contributed by atoms with Gasteiger partial charge in [0.15, 0.2) is 0 Å². The van der Waals surface area contributed by atoms with Gasteiger partial charge in [0.2, 0.25) is 5.91 Å². The second-order valence-corrected chi connectivity index (χ2v) is 2.18. The van der Waals surface area contributed by atoms with Gasteiger partial charge in [0.25, 0.3) is 0 Å². The SMILES string of the molecule is CC(=O)N1CC[N-]CC1.[Y]. The minimum atomic E-state index is 0. The van der Waals surface area contributed by atoms with Gasteiger partial charge in [-0.15, -0.1) is 13.1 Å². The molecule has 0 N–H and O–H groups in total. The summed E-state index contributed by atoms with van der Waals surface area (Å²) in [7, 11) is 0. The Hall–Kier alpha value is 0.534. The largest absolute Gasteiger partial charge is 0.659 e. The summed E-state index contributed by atoms with van der Waals surface area (Å²) >= 11 is 0. The Bertz CT molecular complexity index is 112. The molecule has 1 aliphatic rings. The van der Waals surface area contributed by atoms with Crippen LogP contribution in [0.25, 0.3) is 5.32 Å². The van der Waals surface area contributed by atoms with Gasteiger partial charge in [0, 0.05) is 52.7 Å². The Morgan fingerprint density at radius 3 is 2.20 bits per heavy atom. The van der Waals surface area contributed by atoms with Crippen LogP contribution in [0, 0.1) is 0 Å². The average Bonchev–Trinajstić information content (AvgIpc) is 1.90. The van der Waals surface area contributed by atoms with E-state index in [4.69, 9.17) is 0 Å². The first-order valence-corrected chi connectivity index (χ1v) is 3.19. The van der Waals surface area contributed by atoms with Crippen molar-refractivity contribution >= 4 is 5.91 Å². The minimum Gasteiger partial charge on any atom is -0.659 e. The third-order valence-electron chi connectivity index (χ3n) is 1.50. The van der Waals surface area contributed by atoms with Crippen molar-refractivity contribution in [3.63, 3.8) is 0 Å². The van der Waals surface area contributed by atoms with Crippen molar-refractivity contribution in [1.29, 1.82) is 0 Å². The molecule has 0 aromatic carbocycles. The van der Waals surface area contributed by atoms with Crippen LogP contribution in [0.1, 0.15) is 6.92 Å². The quantitative estimate of drug-likeness (QED) is 0.570. The van der Waals surface area contributed by atoms with Crippen molar-refractivity contribution < 1.29 is 37.5 Å². The Morgan fingerprint density at radius 2 is 1.90 bits per heavy atom. The van der Waals surface area contributed by atoms with Gasteiger partial charge in [-0.2, -0.15) is 0 Å². The van der Waals surface area contributed by atoms with Gasteiger partial charge in [0.1, 0.15) is 0 Å². The van der Waals surface area contributed by atoms with Crippen molar-refractivity contribution in [3.05, 3.63) is 5.32 Å². The first kappa shape index (κ1) is 10.5. The molecule has 1 aliphatic heterocycles. The normalized spacial score (nSPS) is 17.9. The molecule has 1 rings (SSSR count). The molecule has 0 atom stereocenters. The van der Waals surface area contributed by atoms with Gasteiger partial charge in [0.05, 0.1) is 0 Å². The van der Waals surface area contributed by atoms with Crippen LogP contribution < -0.4 is 0 Å². The molecular formula is C6H11N2OY-. The molecule has 0 saturated carbocycles. The van der Waals surface area contributed by atoms with Crippen LogP contribution in [0.2, 0.25) is 0 Å². The van der Waals surface area contributed by atoms with Gasteiger partial charge in [-0.1, -0.05) is 0 Å². The zero-order valence-corrected chi connectivity index (χ0v) is 9.05. The summed E-state index contributed by atoms with van der Waals surface area (Å²) in [6.07, 6.45) is 0. The molecule has 1 heterocycles. The summed E-state index contributed by atoms with van der Waals surface area (Å²) in [4.78, 5) is 12.5. The Kier molecular flexibility index (Phi) is 5.50. The molecule has 1 radical (unpaired) electrons. The molecule has 3 nitrogen and oxygen atoms in total. The summed E-state index contributed by atoms with van der Waals surface area (Å²) in [6.45, 7) is 4.87. The number of piperazine rings is 1. The summed E-state index contributed by atoms with van der Waals surface area (Å²) in [5.41, 5.74) is 0. The molecule has 0 bridgehead atoms. The topological polar surface area (TPSA) is 34.4 Å². The van der Waals surface area contributed by atoms with Crippen LogP contribution in [0.4, 0.5) is 0 Å². The third kappa shape index (κ3) is 3.08. The molecule has 4 heteroatoms. The van der Waals surface area contributed by atoms with Gasteiger partial charge < -0.3 is 10.2 Å². The summed E-state index contributed by atoms with van der Waals surface area (Å²) in [5, 5.41) is 4.12. The summed E-state index contributed by atoms with van der Waals surface area (Å²) in [5.74, 6) is 0.171. The Labute approximate surface area is 86.4 Å². The smallest absolute Gasteiger partial charge is 0.219 e. The van der Waals surface area contributed by atoms with Crippen LogP contribution >= 0.6 is 0 Å². The number of amides is 1. The second-order valence-electron chi connectivity index (χ2n) is 2.18. The fourth-order valence-corrected chi connectivity index (χ4v) is 0.921. The van der Waals surface area contributed by atoms with E-state index in [-0.39, 0.29) is 38.6 Å². The zero-order chi connectivity index (χ0) is 6.69. The molecule has 0 aliphatic carbocycles. The van der Waals surface area contributed by atoms with Crippen LogP contribution in [0.5, 0.6) is 0 Å². The van der Waals surface area contributed by atoms with E-state index in [1.165, 1.54) is 0 Å². The van der Waals surface area contributed by atoms with E-state index in [0.717, 1.165) is 26.2 Å².